The summed E-state index contributed by atoms with van der Waals surface area (Å²) in [5.41, 5.74) is -0.532. The minimum Gasteiger partial charge on any atom is -0.502 e. The van der Waals surface area contributed by atoms with Crippen molar-refractivity contribution in [2.45, 2.75) is 26.2 Å². The molecule has 1 aromatic carbocycles. The summed E-state index contributed by atoms with van der Waals surface area (Å²) in [4.78, 5) is 20.0. The molecule has 0 heterocycles. The van der Waals surface area contributed by atoms with E-state index in [4.69, 9.17) is 0 Å². The van der Waals surface area contributed by atoms with Gasteiger partial charge < -0.3 is 5.11 Å². The second kappa shape index (κ2) is 4.77. The molecule has 1 aromatic rings. The van der Waals surface area contributed by atoms with E-state index in [0.717, 1.165) is 12.1 Å². The maximum Gasteiger partial charge on any atom is 0.311 e. The summed E-state index contributed by atoms with van der Waals surface area (Å²) in [6, 6.07) is 1.90. The van der Waals surface area contributed by atoms with Crippen LogP contribution in [0.15, 0.2) is 12.1 Å². The minimum atomic E-state index is -0.759. The van der Waals surface area contributed by atoms with Crippen molar-refractivity contribution in [3.63, 3.8) is 0 Å². The molecule has 92 valence electrons. The smallest absolute Gasteiger partial charge is 0.311 e. The first kappa shape index (κ1) is 12.9. The fourth-order valence-electron chi connectivity index (χ4n) is 1.50. The summed E-state index contributed by atoms with van der Waals surface area (Å²) in [7, 11) is 0. The van der Waals surface area contributed by atoms with Gasteiger partial charge in [0.1, 0.15) is 0 Å². The minimum absolute atomic E-state index is 0.185. The molecule has 0 aromatic heterocycles. The van der Waals surface area contributed by atoms with Gasteiger partial charge in [-0.1, -0.05) is 13.8 Å². The SMILES string of the molecule is CCC(C)c1cc([N+](=O)[O-])c(O)cc1[N+](=O)[O-]. The van der Waals surface area contributed by atoms with Crippen molar-refractivity contribution in [1.29, 1.82) is 0 Å². The Morgan fingerprint density at radius 1 is 1.24 bits per heavy atom. The number of phenolic OH excluding ortho intramolecular Hbond substituents is 1. The summed E-state index contributed by atoms with van der Waals surface area (Å²) in [6.07, 6.45) is 0.614. The summed E-state index contributed by atoms with van der Waals surface area (Å²) in [6.45, 7) is 3.57. The number of hydrogen-bond acceptors (Lipinski definition) is 5. The van der Waals surface area contributed by atoms with Crippen molar-refractivity contribution in [2.75, 3.05) is 0 Å². The lowest BCUT2D eigenvalue weighted by Gasteiger charge is -2.09. The van der Waals surface area contributed by atoms with Crippen LogP contribution in [0.5, 0.6) is 5.75 Å². The number of phenols is 1. The Bertz CT molecular complexity index is 472. The molecule has 0 aliphatic rings. The number of nitro benzene ring substituents is 2. The second-order valence-corrected chi connectivity index (χ2v) is 3.72. The van der Waals surface area contributed by atoms with Crippen LogP contribution < -0.4 is 0 Å². The van der Waals surface area contributed by atoms with Gasteiger partial charge in [-0.15, -0.1) is 0 Å². The van der Waals surface area contributed by atoms with Gasteiger partial charge in [-0.05, 0) is 12.3 Å². The molecule has 0 aliphatic carbocycles. The van der Waals surface area contributed by atoms with Crippen molar-refractivity contribution in [3.05, 3.63) is 37.9 Å². The zero-order valence-corrected chi connectivity index (χ0v) is 9.41. The lowest BCUT2D eigenvalue weighted by atomic mass is 9.96. The monoisotopic (exact) mass is 240 g/mol. The molecule has 0 aliphatic heterocycles. The Kier molecular flexibility index (Phi) is 3.62. The Morgan fingerprint density at radius 3 is 2.18 bits per heavy atom. The Balaban J connectivity index is 3.47. The van der Waals surface area contributed by atoms with Gasteiger partial charge in [0.25, 0.3) is 5.69 Å². The van der Waals surface area contributed by atoms with Crippen molar-refractivity contribution in [3.8, 4) is 5.75 Å². The molecule has 7 nitrogen and oxygen atoms in total. The average Bonchev–Trinajstić information content (AvgIpc) is 2.26. The normalized spacial score (nSPS) is 12.1. The number of benzene rings is 1. The van der Waals surface area contributed by atoms with Crippen LogP contribution in [0.4, 0.5) is 11.4 Å². The standard InChI is InChI=1S/C10H12N2O5/c1-3-6(2)7-4-9(12(16)17)10(13)5-8(7)11(14)15/h4-6,13H,3H2,1-2H3. The van der Waals surface area contributed by atoms with Gasteiger partial charge in [-0.25, -0.2) is 0 Å². The molecule has 1 rings (SSSR count). The molecular weight excluding hydrogens is 228 g/mol. The fourth-order valence-corrected chi connectivity index (χ4v) is 1.50. The number of nitro groups is 2. The highest BCUT2D eigenvalue weighted by Crippen LogP contribution is 2.37. The molecule has 0 amide bonds. The lowest BCUT2D eigenvalue weighted by Crippen LogP contribution is -2.01. The largest absolute Gasteiger partial charge is 0.502 e. The average molecular weight is 240 g/mol. The van der Waals surface area contributed by atoms with E-state index >= 15 is 0 Å². The van der Waals surface area contributed by atoms with Crippen LogP contribution >= 0.6 is 0 Å². The van der Waals surface area contributed by atoms with Crippen LogP contribution in [0, 0.1) is 20.2 Å². The van der Waals surface area contributed by atoms with Crippen LogP contribution in [0.2, 0.25) is 0 Å². The van der Waals surface area contributed by atoms with Gasteiger partial charge in [0.05, 0.1) is 15.9 Å². The van der Waals surface area contributed by atoms with E-state index in [0.29, 0.717) is 6.42 Å². The highest BCUT2D eigenvalue weighted by Gasteiger charge is 2.25. The Hall–Kier alpha value is -2.18. The quantitative estimate of drug-likeness (QED) is 0.643. The molecule has 0 spiro atoms. The van der Waals surface area contributed by atoms with E-state index in [1.807, 2.05) is 6.92 Å². The molecular formula is C10H12N2O5. The predicted molar refractivity (Wildman–Crippen MR) is 60.1 cm³/mol. The zero-order valence-electron chi connectivity index (χ0n) is 9.41. The molecule has 0 fully saturated rings. The van der Waals surface area contributed by atoms with E-state index in [1.54, 1.807) is 6.92 Å². The van der Waals surface area contributed by atoms with Gasteiger partial charge in [-0.2, -0.15) is 0 Å². The number of rotatable bonds is 4. The van der Waals surface area contributed by atoms with Crippen molar-refractivity contribution >= 4 is 11.4 Å². The third-order valence-corrected chi connectivity index (χ3v) is 2.66. The molecule has 7 heteroatoms. The Labute approximate surface area is 97.0 Å². The van der Waals surface area contributed by atoms with E-state index in [9.17, 15) is 25.3 Å². The molecule has 17 heavy (non-hydrogen) atoms. The lowest BCUT2D eigenvalue weighted by molar-refractivity contribution is -0.390. The topological polar surface area (TPSA) is 107 Å². The molecule has 0 saturated carbocycles. The molecule has 1 atom stereocenters. The number of nitrogens with zero attached hydrogens (tertiary/aromatic N) is 2. The zero-order chi connectivity index (χ0) is 13.2. The van der Waals surface area contributed by atoms with Crippen LogP contribution in [-0.4, -0.2) is 15.0 Å². The third kappa shape index (κ3) is 2.49. The van der Waals surface area contributed by atoms with Gasteiger partial charge in [0.15, 0.2) is 0 Å². The van der Waals surface area contributed by atoms with Gasteiger partial charge in [0, 0.05) is 11.6 Å². The predicted octanol–water partition coefficient (Wildman–Crippen LogP) is 2.72. The van der Waals surface area contributed by atoms with Crippen LogP contribution in [-0.2, 0) is 0 Å². The fraction of sp³-hybridized carbons (Fsp3) is 0.400. The second-order valence-electron chi connectivity index (χ2n) is 3.72. The molecule has 0 radical (unpaired) electrons. The third-order valence-electron chi connectivity index (χ3n) is 2.66. The summed E-state index contributed by atoms with van der Waals surface area (Å²) in [5.74, 6) is -0.872. The first-order chi connectivity index (χ1) is 7.88. The van der Waals surface area contributed by atoms with Crippen molar-refractivity contribution in [2.24, 2.45) is 0 Å². The van der Waals surface area contributed by atoms with Gasteiger partial charge in [0.2, 0.25) is 5.75 Å². The van der Waals surface area contributed by atoms with Crippen LogP contribution in [0.3, 0.4) is 0 Å². The molecule has 1 N–H and O–H groups in total. The number of hydrogen-bond donors (Lipinski definition) is 1. The van der Waals surface area contributed by atoms with Crippen LogP contribution in [0.25, 0.3) is 0 Å². The van der Waals surface area contributed by atoms with E-state index in [1.165, 1.54) is 0 Å². The maximum absolute atomic E-state index is 10.8. The van der Waals surface area contributed by atoms with Crippen molar-refractivity contribution in [1.82, 2.24) is 0 Å². The van der Waals surface area contributed by atoms with E-state index in [-0.39, 0.29) is 17.2 Å². The maximum atomic E-state index is 10.8. The number of aromatic hydroxyl groups is 1. The van der Waals surface area contributed by atoms with Gasteiger partial charge >= 0.3 is 5.69 Å². The molecule has 1 unspecified atom stereocenters. The first-order valence-electron chi connectivity index (χ1n) is 5.04. The molecule has 0 saturated heterocycles. The van der Waals surface area contributed by atoms with Crippen LogP contribution in [0.1, 0.15) is 31.7 Å². The highest BCUT2D eigenvalue weighted by molar-refractivity contribution is 5.58. The summed E-state index contributed by atoms with van der Waals surface area (Å²) in [5, 5.41) is 30.8. The first-order valence-corrected chi connectivity index (χ1v) is 5.04. The van der Waals surface area contributed by atoms with Gasteiger partial charge in [-0.3, -0.25) is 20.2 Å². The van der Waals surface area contributed by atoms with E-state index in [2.05, 4.69) is 0 Å². The molecule has 0 bridgehead atoms. The Morgan fingerprint density at radius 2 is 1.76 bits per heavy atom. The highest BCUT2D eigenvalue weighted by atomic mass is 16.6. The van der Waals surface area contributed by atoms with Crippen molar-refractivity contribution < 1.29 is 15.0 Å². The summed E-state index contributed by atoms with van der Waals surface area (Å²) >= 11 is 0. The van der Waals surface area contributed by atoms with E-state index < -0.39 is 21.3 Å². The summed E-state index contributed by atoms with van der Waals surface area (Å²) < 4.78 is 0.